The first-order valence-corrected chi connectivity index (χ1v) is 7.93. The Hall–Kier alpha value is -3.48. The number of carbonyl (C=O) groups is 1. The van der Waals surface area contributed by atoms with Gasteiger partial charge < -0.3 is 11.1 Å². The number of anilines is 1. The lowest BCUT2D eigenvalue weighted by molar-refractivity contribution is 0.0949. The molecule has 0 aliphatic heterocycles. The van der Waals surface area contributed by atoms with Crippen LogP contribution in [0, 0.1) is 0 Å². The van der Waals surface area contributed by atoms with Crippen LogP contribution in [0.2, 0.25) is 0 Å². The third-order valence-electron chi connectivity index (χ3n) is 4.00. The monoisotopic (exact) mass is 332 g/mol. The summed E-state index contributed by atoms with van der Waals surface area (Å²) in [7, 11) is 0. The SMILES string of the molecule is Nc1nc(C(=O)NCCc2ccncc2)cn2c1nc1ccccc12. The van der Waals surface area contributed by atoms with Crippen molar-refractivity contribution in [3.8, 4) is 0 Å². The number of carbonyl (C=O) groups excluding carboxylic acids is 1. The molecule has 124 valence electrons. The molecule has 7 nitrogen and oxygen atoms in total. The molecule has 0 aliphatic rings. The Bertz CT molecular complexity index is 1060. The summed E-state index contributed by atoms with van der Waals surface area (Å²) in [6.45, 7) is 0.507. The molecule has 4 rings (SSSR count). The van der Waals surface area contributed by atoms with Gasteiger partial charge >= 0.3 is 0 Å². The average molecular weight is 332 g/mol. The highest BCUT2D eigenvalue weighted by molar-refractivity contribution is 5.94. The zero-order chi connectivity index (χ0) is 17.2. The van der Waals surface area contributed by atoms with Crippen molar-refractivity contribution in [1.82, 2.24) is 24.7 Å². The molecule has 4 aromatic rings. The van der Waals surface area contributed by atoms with Gasteiger partial charge in [-0.25, -0.2) is 9.97 Å². The van der Waals surface area contributed by atoms with Gasteiger partial charge in [-0.3, -0.25) is 14.2 Å². The molecule has 0 saturated heterocycles. The molecule has 3 heterocycles. The number of nitrogens with two attached hydrogens (primary N) is 1. The third-order valence-corrected chi connectivity index (χ3v) is 4.00. The van der Waals surface area contributed by atoms with E-state index >= 15 is 0 Å². The van der Waals surface area contributed by atoms with Gasteiger partial charge in [-0.2, -0.15) is 0 Å². The molecule has 0 unspecified atom stereocenters. The standard InChI is InChI=1S/C18H16N6O/c19-16-17-23-13-3-1-2-4-15(13)24(17)11-14(22-16)18(25)21-10-7-12-5-8-20-9-6-12/h1-6,8-9,11H,7,10H2,(H2,19,22)(H,21,25). The summed E-state index contributed by atoms with van der Waals surface area (Å²) >= 11 is 0. The maximum atomic E-state index is 12.4. The molecule has 0 saturated carbocycles. The fourth-order valence-electron chi connectivity index (χ4n) is 2.76. The summed E-state index contributed by atoms with van der Waals surface area (Å²) < 4.78 is 1.80. The highest BCUT2D eigenvalue weighted by Gasteiger charge is 2.14. The fourth-order valence-corrected chi connectivity index (χ4v) is 2.76. The van der Waals surface area contributed by atoms with Crippen LogP contribution in [0.15, 0.2) is 55.0 Å². The van der Waals surface area contributed by atoms with Crippen LogP contribution in [-0.4, -0.2) is 31.8 Å². The molecule has 1 aromatic carbocycles. The van der Waals surface area contributed by atoms with Gasteiger partial charge in [0.2, 0.25) is 0 Å². The van der Waals surface area contributed by atoms with Crippen LogP contribution in [0.25, 0.3) is 16.7 Å². The number of nitrogen functional groups attached to an aromatic ring is 1. The van der Waals surface area contributed by atoms with Crippen LogP contribution in [0.4, 0.5) is 5.82 Å². The van der Waals surface area contributed by atoms with Crippen LogP contribution < -0.4 is 11.1 Å². The van der Waals surface area contributed by atoms with Crippen LogP contribution >= 0.6 is 0 Å². The largest absolute Gasteiger partial charge is 0.381 e. The smallest absolute Gasteiger partial charge is 0.271 e. The van der Waals surface area contributed by atoms with E-state index < -0.39 is 0 Å². The molecule has 3 aromatic heterocycles. The Balaban J connectivity index is 1.58. The summed E-state index contributed by atoms with van der Waals surface area (Å²) in [4.78, 5) is 25.0. The lowest BCUT2D eigenvalue weighted by Crippen LogP contribution is -2.27. The van der Waals surface area contributed by atoms with E-state index in [1.54, 1.807) is 23.0 Å². The second-order valence-electron chi connectivity index (χ2n) is 5.67. The van der Waals surface area contributed by atoms with Crippen molar-refractivity contribution in [2.75, 3.05) is 12.3 Å². The van der Waals surface area contributed by atoms with Gasteiger partial charge in [0, 0.05) is 25.1 Å². The number of nitrogens with zero attached hydrogens (tertiary/aromatic N) is 4. The predicted octanol–water partition coefficient (Wildman–Crippen LogP) is 1.83. The summed E-state index contributed by atoms with van der Waals surface area (Å²) in [6, 6.07) is 11.5. The van der Waals surface area contributed by atoms with Gasteiger partial charge in [0.15, 0.2) is 11.5 Å². The van der Waals surface area contributed by atoms with Gasteiger partial charge in [-0.1, -0.05) is 12.1 Å². The number of para-hydroxylation sites is 2. The molecule has 1 amide bonds. The Morgan fingerprint density at radius 3 is 2.76 bits per heavy atom. The van der Waals surface area contributed by atoms with Gasteiger partial charge in [0.1, 0.15) is 5.69 Å². The molecule has 0 fully saturated rings. The Labute approximate surface area is 143 Å². The number of pyridine rings is 1. The zero-order valence-corrected chi connectivity index (χ0v) is 13.4. The normalized spacial score (nSPS) is 11.0. The van der Waals surface area contributed by atoms with E-state index in [-0.39, 0.29) is 17.4 Å². The molecule has 0 bridgehead atoms. The van der Waals surface area contributed by atoms with Crippen molar-refractivity contribution < 1.29 is 4.79 Å². The third kappa shape index (κ3) is 2.87. The first-order chi connectivity index (χ1) is 12.2. The first kappa shape index (κ1) is 15.1. The maximum Gasteiger partial charge on any atom is 0.271 e. The number of nitrogens with one attached hydrogen (secondary N) is 1. The Morgan fingerprint density at radius 1 is 1.12 bits per heavy atom. The van der Waals surface area contributed by atoms with Crippen molar-refractivity contribution in [3.63, 3.8) is 0 Å². The van der Waals surface area contributed by atoms with Crippen molar-refractivity contribution in [2.45, 2.75) is 6.42 Å². The summed E-state index contributed by atoms with van der Waals surface area (Å²) in [6.07, 6.45) is 5.86. The summed E-state index contributed by atoms with van der Waals surface area (Å²) in [5.74, 6) is -0.0292. The molecule has 7 heteroatoms. The summed E-state index contributed by atoms with van der Waals surface area (Å²) in [5.41, 5.74) is 9.62. The summed E-state index contributed by atoms with van der Waals surface area (Å²) in [5, 5.41) is 2.87. The van der Waals surface area contributed by atoms with Gasteiger partial charge in [-0.15, -0.1) is 0 Å². The molecule has 3 N–H and O–H groups in total. The molecule has 0 spiro atoms. The van der Waals surface area contributed by atoms with Crippen LogP contribution in [0.3, 0.4) is 0 Å². The fraction of sp³-hybridized carbons (Fsp3) is 0.111. The highest BCUT2D eigenvalue weighted by atomic mass is 16.1. The van der Waals surface area contributed by atoms with E-state index in [1.807, 2.05) is 36.4 Å². The highest BCUT2D eigenvalue weighted by Crippen LogP contribution is 2.19. The molecular weight excluding hydrogens is 316 g/mol. The molecule has 0 aliphatic carbocycles. The number of benzene rings is 1. The molecular formula is C18H16N6O. The second-order valence-corrected chi connectivity index (χ2v) is 5.67. The van der Waals surface area contributed by atoms with Crippen LogP contribution in [0.1, 0.15) is 16.1 Å². The van der Waals surface area contributed by atoms with Crippen LogP contribution in [0.5, 0.6) is 0 Å². The van der Waals surface area contributed by atoms with Gasteiger partial charge in [0.05, 0.1) is 11.0 Å². The van der Waals surface area contributed by atoms with Gasteiger partial charge in [-0.05, 0) is 36.2 Å². The van der Waals surface area contributed by atoms with E-state index in [9.17, 15) is 4.79 Å². The minimum absolute atomic E-state index is 0.234. The lowest BCUT2D eigenvalue weighted by atomic mass is 10.2. The van der Waals surface area contributed by atoms with Crippen molar-refractivity contribution in [3.05, 3.63) is 66.2 Å². The quantitative estimate of drug-likeness (QED) is 0.594. The van der Waals surface area contributed by atoms with Crippen molar-refractivity contribution >= 4 is 28.4 Å². The topological polar surface area (TPSA) is 98.2 Å². The Morgan fingerprint density at radius 2 is 1.92 bits per heavy atom. The minimum atomic E-state index is -0.263. The van der Waals surface area contributed by atoms with Gasteiger partial charge in [0.25, 0.3) is 5.91 Å². The van der Waals surface area contributed by atoms with Crippen molar-refractivity contribution in [1.29, 1.82) is 0 Å². The maximum absolute atomic E-state index is 12.4. The first-order valence-electron chi connectivity index (χ1n) is 7.93. The molecule has 25 heavy (non-hydrogen) atoms. The van der Waals surface area contributed by atoms with Crippen LogP contribution in [-0.2, 0) is 6.42 Å². The number of amides is 1. The lowest BCUT2D eigenvalue weighted by Gasteiger charge is -2.07. The number of hydrogen-bond acceptors (Lipinski definition) is 5. The van der Waals surface area contributed by atoms with E-state index in [1.165, 1.54) is 0 Å². The number of imidazole rings is 1. The molecule has 0 radical (unpaired) electrons. The van der Waals surface area contributed by atoms with E-state index in [0.29, 0.717) is 12.2 Å². The van der Waals surface area contributed by atoms with E-state index in [2.05, 4.69) is 20.3 Å². The minimum Gasteiger partial charge on any atom is -0.381 e. The number of aromatic nitrogens is 4. The predicted molar refractivity (Wildman–Crippen MR) is 95.2 cm³/mol. The number of fused-ring (bicyclic) bond motifs is 3. The van der Waals surface area contributed by atoms with Crippen molar-refractivity contribution in [2.24, 2.45) is 0 Å². The number of rotatable bonds is 4. The average Bonchev–Trinajstić information content (AvgIpc) is 3.02. The zero-order valence-electron chi connectivity index (χ0n) is 13.4. The molecule has 0 atom stereocenters. The second kappa shape index (κ2) is 6.20. The Kier molecular flexibility index (Phi) is 3.74. The van der Waals surface area contributed by atoms with E-state index in [4.69, 9.17) is 5.73 Å². The number of hydrogen-bond donors (Lipinski definition) is 2. The van der Waals surface area contributed by atoms with E-state index in [0.717, 1.165) is 23.0 Å².